The van der Waals surface area contributed by atoms with E-state index in [1.807, 2.05) is 18.2 Å². The van der Waals surface area contributed by atoms with Crippen LogP contribution in [0.1, 0.15) is 12.8 Å². The van der Waals surface area contributed by atoms with Crippen LogP contribution in [0.15, 0.2) is 23.1 Å². The molecule has 96 valence electrons. The standard InChI is InChI=1S/C11H17N3S.CH5N/c12-10-2-1-9(15)7-11(10)14-8-3-5-13-6-4-8;1-2/h1-2,7-8,13-15H,3-6,12H2;2H2,1H3. The molecule has 1 aromatic carbocycles. The van der Waals surface area contributed by atoms with Gasteiger partial charge in [-0.25, -0.2) is 0 Å². The van der Waals surface area contributed by atoms with Crippen LogP contribution in [-0.2, 0) is 0 Å². The second-order valence-electron chi connectivity index (χ2n) is 3.94. The Morgan fingerprint density at radius 1 is 1.29 bits per heavy atom. The van der Waals surface area contributed by atoms with E-state index in [2.05, 4.69) is 29.0 Å². The van der Waals surface area contributed by atoms with Gasteiger partial charge in [-0.3, -0.25) is 0 Å². The fraction of sp³-hybridized carbons (Fsp3) is 0.500. The molecule has 0 radical (unpaired) electrons. The number of benzene rings is 1. The van der Waals surface area contributed by atoms with Gasteiger partial charge in [0, 0.05) is 10.9 Å². The fourth-order valence-corrected chi connectivity index (χ4v) is 2.06. The van der Waals surface area contributed by atoms with Crippen molar-refractivity contribution in [3.05, 3.63) is 18.2 Å². The number of rotatable bonds is 2. The highest BCUT2D eigenvalue weighted by molar-refractivity contribution is 7.80. The molecule has 1 saturated heterocycles. The van der Waals surface area contributed by atoms with Crippen LogP contribution < -0.4 is 22.1 Å². The van der Waals surface area contributed by atoms with Gasteiger partial charge in [0.1, 0.15) is 0 Å². The number of nitrogens with two attached hydrogens (primary N) is 2. The maximum atomic E-state index is 5.89. The number of hydrogen-bond acceptors (Lipinski definition) is 5. The summed E-state index contributed by atoms with van der Waals surface area (Å²) < 4.78 is 0. The SMILES string of the molecule is CN.Nc1ccc(S)cc1NC1CCNCC1. The number of piperidine rings is 1. The smallest absolute Gasteiger partial charge is 0.0587 e. The summed E-state index contributed by atoms with van der Waals surface area (Å²) in [6.45, 7) is 2.16. The normalized spacial score (nSPS) is 15.9. The molecule has 0 amide bonds. The van der Waals surface area contributed by atoms with E-state index in [0.717, 1.165) is 42.2 Å². The molecule has 1 aromatic rings. The van der Waals surface area contributed by atoms with Gasteiger partial charge in [0.2, 0.25) is 0 Å². The lowest BCUT2D eigenvalue weighted by Crippen LogP contribution is -2.35. The number of nitrogen functional groups attached to an aromatic ring is 1. The fourth-order valence-electron chi connectivity index (χ4n) is 1.86. The molecule has 0 aromatic heterocycles. The van der Waals surface area contributed by atoms with Crippen LogP contribution in [0.4, 0.5) is 11.4 Å². The predicted molar refractivity (Wildman–Crippen MR) is 77.7 cm³/mol. The molecular weight excluding hydrogens is 232 g/mol. The van der Waals surface area contributed by atoms with Crippen LogP contribution >= 0.6 is 12.6 Å². The molecule has 5 heteroatoms. The Morgan fingerprint density at radius 3 is 2.59 bits per heavy atom. The summed E-state index contributed by atoms with van der Waals surface area (Å²) >= 11 is 4.31. The summed E-state index contributed by atoms with van der Waals surface area (Å²) in [5.41, 5.74) is 12.2. The zero-order valence-electron chi connectivity index (χ0n) is 10.2. The first-order chi connectivity index (χ1) is 8.25. The highest BCUT2D eigenvalue weighted by atomic mass is 32.1. The summed E-state index contributed by atoms with van der Waals surface area (Å²) in [7, 11) is 1.50. The Balaban J connectivity index is 0.000000686. The van der Waals surface area contributed by atoms with Crippen molar-refractivity contribution in [1.82, 2.24) is 5.32 Å². The summed E-state index contributed by atoms with van der Waals surface area (Å²) in [6.07, 6.45) is 2.30. The van der Waals surface area contributed by atoms with E-state index < -0.39 is 0 Å². The molecule has 6 N–H and O–H groups in total. The van der Waals surface area contributed by atoms with E-state index in [9.17, 15) is 0 Å². The van der Waals surface area contributed by atoms with Gasteiger partial charge in [-0.15, -0.1) is 12.6 Å². The van der Waals surface area contributed by atoms with Gasteiger partial charge in [-0.2, -0.15) is 0 Å². The van der Waals surface area contributed by atoms with Crippen molar-refractivity contribution in [3.8, 4) is 0 Å². The van der Waals surface area contributed by atoms with Crippen molar-refractivity contribution in [2.24, 2.45) is 5.73 Å². The molecule has 17 heavy (non-hydrogen) atoms. The van der Waals surface area contributed by atoms with Crippen LogP contribution in [0, 0.1) is 0 Å². The Bertz CT molecular complexity index is 337. The van der Waals surface area contributed by atoms with E-state index >= 15 is 0 Å². The number of thiol groups is 1. The number of anilines is 2. The summed E-state index contributed by atoms with van der Waals surface area (Å²) in [4.78, 5) is 0.945. The maximum Gasteiger partial charge on any atom is 0.0587 e. The molecule has 1 aliphatic heterocycles. The van der Waals surface area contributed by atoms with E-state index in [1.54, 1.807) is 0 Å². The van der Waals surface area contributed by atoms with Crippen LogP contribution in [-0.4, -0.2) is 26.2 Å². The number of nitrogens with one attached hydrogen (secondary N) is 2. The minimum atomic E-state index is 0.531. The Kier molecular flexibility index (Phi) is 6.18. The monoisotopic (exact) mass is 254 g/mol. The van der Waals surface area contributed by atoms with Gasteiger partial charge in [0.15, 0.2) is 0 Å². The quantitative estimate of drug-likeness (QED) is 0.407. The van der Waals surface area contributed by atoms with Crippen LogP contribution in [0.2, 0.25) is 0 Å². The molecule has 0 spiro atoms. The van der Waals surface area contributed by atoms with Gasteiger partial charge in [-0.1, -0.05) is 0 Å². The first-order valence-electron chi connectivity index (χ1n) is 5.89. The largest absolute Gasteiger partial charge is 0.397 e. The van der Waals surface area contributed by atoms with Crippen molar-refractivity contribution in [3.63, 3.8) is 0 Å². The average molecular weight is 254 g/mol. The van der Waals surface area contributed by atoms with E-state index in [1.165, 1.54) is 7.05 Å². The highest BCUT2D eigenvalue weighted by Crippen LogP contribution is 2.24. The number of hydrogen-bond donors (Lipinski definition) is 5. The van der Waals surface area contributed by atoms with Gasteiger partial charge >= 0.3 is 0 Å². The lowest BCUT2D eigenvalue weighted by molar-refractivity contribution is 0.479. The first kappa shape index (κ1) is 14.2. The molecule has 1 aliphatic rings. The van der Waals surface area contributed by atoms with Crippen molar-refractivity contribution in [2.45, 2.75) is 23.8 Å². The zero-order valence-corrected chi connectivity index (χ0v) is 11.1. The minimum Gasteiger partial charge on any atom is -0.397 e. The molecule has 0 aliphatic carbocycles. The third-order valence-corrected chi connectivity index (χ3v) is 3.01. The average Bonchev–Trinajstić information content (AvgIpc) is 2.38. The summed E-state index contributed by atoms with van der Waals surface area (Å²) in [6, 6.07) is 6.32. The van der Waals surface area contributed by atoms with Crippen LogP contribution in [0.5, 0.6) is 0 Å². The van der Waals surface area contributed by atoms with Crippen LogP contribution in [0.3, 0.4) is 0 Å². The zero-order chi connectivity index (χ0) is 12.7. The van der Waals surface area contributed by atoms with Crippen LogP contribution in [0.25, 0.3) is 0 Å². The molecule has 0 atom stereocenters. The highest BCUT2D eigenvalue weighted by Gasteiger charge is 2.13. The molecule has 1 heterocycles. The predicted octanol–water partition coefficient (Wildman–Crippen LogP) is 1.30. The Hall–Kier alpha value is -0.910. The van der Waals surface area contributed by atoms with E-state index in [0.29, 0.717) is 6.04 Å². The molecule has 2 rings (SSSR count). The third kappa shape index (κ3) is 4.46. The second kappa shape index (κ2) is 7.42. The van der Waals surface area contributed by atoms with Gasteiger partial charge in [0.25, 0.3) is 0 Å². The van der Waals surface area contributed by atoms with E-state index in [-0.39, 0.29) is 0 Å². The molecule has 0 saturated carbocycles. The van der Waals surface area contributed by atoms with Crippen molar-refractivity contribution >= 4 is 24.0 Å². The van der Waals surface area contributed by atoms with Crippen molar-refractivity contribution < 1.29 is 0 Å². The van der Waals surface area contributed by atoms with Gasteiger partial charge in [-0.05, 0) is 51.2 Å². The lowest BCUT2D eigenvalue weighted by Gasteiger charge is -2.25. The molecule has 0 unspecified atom stereocenters. The minimum absolute atomic E-state index is 0.531. The topological polar surface area (TPSA) is 76.1 Å². The molecule has 0 bridgehead atoms. The van der Waals surface area contributed by atoms with E-state index in [4.69, 9.17) is 5.73 Å². The lowest BCUT2D eigenvalue weighted by atomic mass is 10.1. The van der Waals surface area contributed by atoms with Crippen molar-refractivity contribution in [2.75, 3.05) is 31.2 Å². The summed E-state index contributed by atoms with van der Waals surface area (Å²) in [5.74, 6) is 0. The van der Waals surface area contributed by atoms with Gasteiger partial charge < -0.3 is 22.1 Å². The molecular formula is C12H22N4S. The Labute approximate surface area is 109 Å². The second-order valence-corrected chi connectivity index (χ2v) is 4.46. The Morgan fingerprint density at radius 2 is 1.94 bits per heavy atom. The molecule has 1 fully saturated rings. The van der Waals surface area contributed by atoms with Gasteiger partial charge in [0.05, 0.1) is 11.4 Å². The first-order valence-corrected chi connectivity index (χ1v) is 6.34. The summed E-state index contributed by atoms with van der Waals surface area (Å²) in [5, 5.41) is 6.82. The molecule has 4 nitrogen and oxygen atoms in total. The third-order valence-electron chi connectivity index (χ3n) is 2.74. The van der Waals surface area contributed by atoms with Crippen molar-refractivity contribution in [1.29, 1.82) is 0 Å². The maximum absolute atomic E-state index is 5.89.